The summed E-state index contributed by atoms with van der Waals surface area (Å²) in [4.78, 5) is 0.0294. The third kappa shape index (κ3) is 2.99. The molecule has 2 aromatic carbocycles. The lowest BCUT2D eigenvalue weighted by Crippen LogP contribution is -2.04. The molecule has 104 valence electrons. The monoisotopic (exact) mass is 396 g/mol. The highest BCUT2D eigenvalue weighted by molar-refractivity contribution is 9.10. The van der Waals surface area contributed by atoms with Crippen LogP contribution in [0, 0.1) is 5.82 Å². The van der Waals surface area contributed by atoms with Gasteiger partial charge in [-0.15, -0.1) is 0 Å². The van der Waals surface area contributed by atoms with Gasteiger partial charge in [-0.25, -0.2) is 4.39 Å². The molecule has 0 radical (unpaired) electrons. The van der Waals surface area contributed by atoms with E-state index in [-0.39, 0.29) is 10.6 Å². The molecule has 2 aromatic rings. The smallest absolute Gasteiger partial charge is 0.124 e. The van der Waals surface area contributed by atoms with Crippen molar-refractivity contribution < 1.29 is 4.39 Å². The van der Waals surface area contributed by atoms with Crippen molar-refractivity contribution in [1.29, 1.82) is 0 Å². The van der Waals surface area contributed by atoms with Gasteiger partial charge in [-0.1, -0.05) is 50.1 Å². The molecule has 0 N–H and O–H groups in total. The van der Waals surface area contributed by atoms with E-state index < -0.39 is 0 Å². The average Bonchev–Trinajstić information content (AvgIpc) is 2.45. The predicted molar refractivity (Wildman–Crippen MR) is 88.0 cm³/mol. The van der Waals surface area contributed by atoms with E-state index in [1.807, 2.05) is 6.07 Å². The minimum atomic E-state index is -0.211. The molecule has 0 saturated carbocycles. The molecule has 0 amide bonds. The number of halogens is 3. The fraction of sp³-hybridized carbons (Fsp3) is 0.294. The van der Waals surface area contributed by atoms with Crippen LogP contribution in [0.3, 0.4) is 0 Å². The zero-order chi connectivity index (χ0) is 14.1. The van der Waals surface area contributed by atoms with E-state index in [0.717, 1.165) is 16.5 Å². The van der Waals surface area contributed by atoms with Crippen molar-refractivity contribution in [2.24, 2.45) is 0 Å². The summed E-state index contributed by atoms with van der Waals surface area (Å²) >= 11 is 7.06. The minimum Gasteiger partial charge on any atom is -0.207 e. The summed E-state index contributed by atoms with van der Waals surface area (Å²) in [7, 11) is 0. The van der Waals surface area contributed by atoms with Crippen LogP contribution < -0.4 is 0 Å². The zero-order valence-electron chi connectivity index (χ0n) is 11.0. The van der Waals surface area contributed by atoms with Crippen molar-refractivity contribution in [1.82, 2.24) is 0 Å². The lowest BCUT2D eigenvalue weighted by atomic mass is 9.89. The molecule has 0 nitrogen and oxygen atoms in total. The van der Waals surface area contributed by atoms with Gasteiger partial charge < -0.3 is 0 Å². The third-order valence-electron chi connectivity index (χ3n) is 3.84. The van der Waals surface area contributed by atoms with Crippen molar-refractivity contribution in [3.8, 4) is 0 Å². The molecule has 0 spiro atoms. The number of benzene rings is 2. The van der Waals surface area contributed by atoms with Crippen LogP contribution in [0.2, 0.25) is 0 Å². The summed E-state index contributed by atoms with van der Waals surface area (Å²) in [5.41, 5.74) is 5.06. The van der Waals surface area contributed by atoms with Crippen molar-refractivity contribution in [3.05, 3.63) is 68.9 Å². The molecule has 1 unspecified atom stereocenters. The van der Waals surface area contributed by atoms with E-state index in [9.17, 15) is 4.39 Å². The van der Waals surface area contributed by atoms with Gasteiger partial charge in [0.25, 0.3) is 0 Å². The molecule has 0 heterocycles. The molecule has 3 heteroatoms. The number of hydrogen-bond acceptors (Lipinski definition) is 0. The topological polar surface area (TPSA) is 0 Å². The third-order valence-corrected chi connectivity index (χ3v) is 5.36. The van der Waals surface area contributed by atoms with Crippen LogP contribution in [0.25, 0.3) is 0 Å². The summed E-state index contributed by atoms with van der Waals surface area (Å²) in [5.74, 6) is -0.211. The SMILES string of the molecule is Fc1cc(Br)cc(C(Br)c2ccc3c(c2)CCCC3)c1. The molecule has 1 aliphatic rings. The average molecular weight is 398 g/mol. The van der Waals surface area contributed by atoms with E-state index in [2.05, 4.69) is 50.1 Å². The first-order chi connectivity index (χ1) is 9.63. The standard InChI is InChI=1S/C17H15Br2F/c18-15-8-14(9-16(20)10-15)17(19)13-6-5-11-3-1-2-4-12(11)7-13/h5-10,17H,1-4H2. The van der Waals surface area contributed by atoms with Crippen molar-refractivity contribution in [2.45, 2.75) is 30.5 Å². The van der Waals surface area contributed by atoms with Gasteiger partial charge in [0.15, 0.2) is 0 Å². The molecule has 0 bridgehead atoms. The van der Waals surface area contributed by atoms with Crippen LogP contribution in [-0.4, -0.2) is 0 Å². The molecule has 20 heavy (non-hydrogen) atoms. The lowest BCUT2D eigenvalue weighted by molar-refractivity contribution is 0.625. The zero-order valence-corrected chi connectivity index (χ0v) is 14.2. The Morgan fingerprint density at radius 3 is 2.40 bits per heavy atom. The van der Waals surface area contributed by atoms with Crippen LogP contribution in [0.5, 0.6) is 0 Å². The maximum Gasteiger partial charge on any atom is 0.124 e. The first kappa shape index (κ1) is 14.3. The summed E-state index contributed by atoms with van der Waals surface area (Å²) < 4.78 is 14.3. The first-order valence-electron chi connectivity index (χ1n) is 6.85. The molecule has 1 aliphatic carbocycles. The summed E-state index contributed by atoms with van der Waals surface area (Å²) in [5, 5.41) is 0. The van der Waals surface area contributed by atoms with Crippen LogP contribution >= 0.6 is 31.9 Å². The minimum absolute atomic E-state index is 0.0294. The van der Waals surface area contributed by atoms with Crippen molar-refractivity contribution in [2.75, 3.05) is 0 Å². The Labute approximate surface area is 135 Å². The second kappa shape index (κ2) is 5.98. The number of rotatable bonds is 2. The highest BCUT2D eigenvalue weighted by atomic mass is 79.9. The Morgan fingerprint density at radius 2 is 1.65 bits per heavy atom. The highest BCUT2D eigenvalue weighted by Crippen LogP contribution is 2.35. The van der Waals surface area contributed by atoms with E-state index in [0.29, 0.717) is 0 Å². The Bertz CT molecular complexity index is 617. The fourth-order valence-electron chi connectivity index (χ4n) is 2.82. The number of fused-ring (bicyclic) bond motifs is 1. The van der Waals surface area contributed by atoms with Crippen molar-refractivity contribution >= 4 is 31.9 Å². The van der Waals surface area contributed by atoms with E-state index >= 15 is 0 Å². The predicted octanol–water partition coefficient (Wildman–Crippen LogP) is 5.95. The maximum absolute atomic E-state index is 13.5. The van der Waals surface area contributed by atoms with Gasteiger partial charge in [-0.05, 0) is 66.1 Å². The number of alkyl halides is 1. The van der Waals surface area contributed by atoms with Gasteiger partial charge in [0.05, 0.1) is 4.83 Å². The molecule has 1 atom stereocenters. The van der Waals surface area contributed by atoms with Gasteiger partial charge >= 0.3 is 0 Å². The fourth-order valence-corrected chi connectivity index (χ4v) is 3.86. The van der Waals surface area contributed by atoms with Crippen molar-refractivity contribution in [3.63, 3.8) is 0 Å². The first-order valence-corrected chi connectivity index (χ1v) is 8.56. The van der Waals surface area contributed by atoms with Gasteiger partial charge in [0.1, 0.15) is 5.82 Å². The van der Waals surface area contributed by atoms with E-state index in [1.165, 1.54) is 42.0 Å². The molecule has 0 aliphatic heterocycles. The second-order valence-corrected chi connectivity index (χ2v) is 7.13. The molecule has 0 aromatic heterocycles. The highest BCUT2D eigenvalue weighted by Gasteiger charge is 2.15. The van der Waals surface area contributed by atoms with Gasteiger partial charge in [0, 0.05) is 4.47 Å². The Balaban J connectivity index is 1.95. The lowest BCUT2D eigenvalue weighted by Gasteiger charge is -2.19. The van der Waals surface area contributed by atoms with E-state index in [4.69, 9.17) is 0 Å². The summed E-state index contributed by atoms with van der Waals surface area (Å²) in [6, 6.07) is 11.7. The van der Waals surface area contributed by atoms with Crippen LogP contribution in [0.1, 0.15) is 39.9 Å². The van der Waals surface area contributed by atoms with Crippen LogP contribution in [0.4, 0.5) is 4.39 Å². The normalized spacial score (nSPS) is 15.8. The van der Waals surface area contributed by atoms with Crippen LogP contribution in [0.15, 0.2) is 40.9 Å². The quantitative estimate of drug-likeness (QED) is 0.549. The van der Waals surface area contributed by atoms with E-state index in [1.54, 1.807) is 6.07 Å². The maximum atomic E-state index is 13.5. The second-order valence-electron chi connectivity index (χ2n) is 5.30. The summed E-state index contributed by atoms with van der Waals surface area (Å²) in [6.45, 7) is 0. The van der Waals surface area contributed by atoms with Gasteiger partial charge in [0.2, 0.25) is 0 Å². The molecule has 0 saturated heterocycles. The van der Waals surface area contributed by atoms with Gasteiger partial charge in [-0.2, -0.15) is 0 Å². The molecule has 0 fully saturated rings. The van der Waals surface area contributed by atoms with Crippen LogP contribution in [-0.2, 0) is 12.8 Å². The largest absolute Gasteiger partial charge is 0.207 e. The Morgan fingerprint density at radius 1 is 0.900 bits per heavy atom. The molecule has 3 rings (SSSR count). The Hall–Kier alpha value is -0.670. The van der Waals surface area contributed by atoms with Gasteiger partial charge in [-0.3, -0.25) is 0 Å². The molecular formula is C17H15Br2F. The number of aryl methyl sites for hydroxylation is 2. The summed E-state index contributed by atoms with van der Waals surface area (Å²) in [6.07, 6.45) is 4.92. The molecular weight excluding hydrogens is 383 g/mol. The number of hydrogen-bond donors (Lipinski definition) is 0. The Kier molecular flexibility index (Phi) is 4.27.